The lowest BCUT2D eigenvalue weighted by atomic mass is 9.70. The Balaban J connectivity index is 1.43. The van der Waals surface area contributed by atoms with Gasteiger partial charge in [-0.25, -0.2) is 0 Å². The van der Waals surface area contributed by atoms with Crippen molar-refractivity contribution < 1.29 is 18.9 Å². The third kappa shape index (κ3) is 10.2. The Morgan fingerprint density at radius 2 is 0.731 bits per heavy atom. The number of halogens is 1. The molecule has 1 spiro atoms. The van der Waals surface area contributed by atoms with E-state index in [0.717, 1.165) is 81.0 Å². The van der Waals surface area contributed by atoms with Crippen molar-refractivity contribution in [2.75, 3.05) is 26.4 Å². The van der Waals surface area contributed by atoms with E-state index in [-0.39, 0.29) is 0 Å². The quantitative estimate of drug-likeness (QED) is 0.0563. The predicted molar refractivity (Wildman–Crippen MR) is 289 cm³/mol. The maximum Gasteiger partial charge on any atom is 0.161 e. The molecule has 2 aliphatic carbocycles. The van der Waals surface area contributed by atoms with Crippen LogP contribution in [0.25, 0.3) is 46.6 Å². The van der Waals surface area contributed by atoms with Gasteiger partial charge in [0.15, 0.2) is 23.0 Å². The lowest BCUT2D eigenvalue weighted by molar-refractivity contribution is 0.217. The number of benzene rings is 6. The van der Waals surface area contributed by atoms with Gasteiger partial charge in [0.2, 0.25) is 0 Å². The lowest BCUT2D eigenvalue weighted by Crippen LogP contribution is -2.26. The fourth-order valence-electron chi connectivity index (χ4n) is 8.97. The third-order valence-electron chi connectivity index (χ3n) is 14.2. The lowest BCUT2D eigenvalue weighted by Gasteiger charge is -2.32. The van der Waals surface area contributed by atoms with Crippen LogP contribution in [0.5, 0.6) is 23.0 Å². The van der Waals surface area contributed by atoms with E-state index in [1.165, 1.54) is 44.4 Å². The molecule has 0 N–H and O–H groups in total. The summed E-state index contributed by atoms with van der Waals surface area (Å²) in [5.74, 6) is 4.68. The second-order valence-electron chi connectivity index (χ2n) is 19.5. The van der Waals surface area contributed by atoms with Crippen LogP contribution >= 0.6 is 15.9 Å². The van der Waals surface area contributed by atoms with Crippen LogP contribution in [0.1, 0.15) is 126 Å². The number of fused-ring (bicyclic) bond motifs is 10. The van der Waals surface area contributed by atoms with Crippen molar-refractivity contribution >= 4 is 53.5 Å². The summed E-state index contributed by atoms with van der Waals surface area (Å²) in [6.07, 6.45) is 13.0. The fourth-order valence-corrected chi connectivity index (χ4v) is 9.23. The first kappa shape index (κ1) is 48.0. The van der Waals surface area contributed by atoms with Gasteiger partial charge in [0.25, 0.3) is 0 Å². The molecule has 346 valence electrons. The Hall–Kier alpha value is -5.46. The Morgan fingerprint density at radius 1 is 0.418 bits per heavy atom. The van der Waals surface area contributed by atoms with Gasteiger partial charge in [0, 0.05) is 4.47 Å². The van der Waals surface area contributed by atoms with Gasteiger partial charge >= 0.3 is 0 Å². The zero-order valence-electron chi connectivity index (χ0n) is 41.2. The molecule has 0 aromatic heterocycles. The van der Waals surface area contributed by atoms with Gasteiger partial charge in [-0.15, -0.1) is 0 Å². The molecule has 6 heteroatoms. The Kier molecular flexibility index (Phi) is 15.2. The monoisotopic (exact) mass is 954 g/mol. The highest BCUT2D eigenvalue weighted by Gasteiger charge is 2.53. The minimum Gasteiger partial charge on any atom is -0.489 e. The molecule has 4 nitrogen and oxygen atoms in total. The summed E-state index contributed by atoms with van der Waals surface area (Å²) in [7, 11) is 2.13. The molecule has 0 heterocycles. The zero-order valence-corrected chi connectivity index (χ0v) is 42.8. The molecule has 4 atom stereocenters. The third-order valence-corrected chi connectivity index (χ3v) is 14.7. The summed E-state index contributed by atoms with van der Waals surface area (Å²) < 4.78 is 28.5. The normalized spacial score (nSPS) is 16.4. The van der Waals surface area contributed by atoms with Crippen LogP contribution in [-0.4, -0.2) is 34.3 Å². The highest BCUT2D eigenvalue weighted by Crippen LogP contribution is 2.65. The average molecular weight is 956 g/mol. The van der Waals surface area contributed by atoms with Crippen molar-refractivity contribution in [3.05, 3.63) is 158 Å². The van der Waals surface area contributed by atoms with E-state index in [1.807, 2.05) is 0 Å². The van der Waals surface area contributed by atoms with Crippen LogP contribution in [0.4, 0.5) is 0 Å². The number of hydrogen-bond acceptors (Lipinski definition) is 4. The molecule has 0 aliphatic heterocycles. The van der Waals surface area contributed by atoms with Crippen LogP contribution in [0, 0.1) is 23.7 Å². The van der Waals surface area contributed by atoms with E-state index in [1.54, 1.807) is 0 Å². The Morgan fingerprint density at radius 3 is 1.10 bits per heavy atom. The summed E-state index contributed by atoms with van der Waals surface area (Å²) >= 11 is 3.61. The Bertz CT molecular complexity index is 2550. The molecule has 67 heavy (non-hydrogen) atoms. The van der Waals surface area contributed by atoms with Crippen molar-refractivity contribution in [3.63, 3.8) is 0 Å². The zero-order chi connectivity index (χ0) is 47.2. The van der Waals surface area contributed by atoms with Crippen LogP contribution in [-0.2, 0) is 5.41 Å². The number of hydrogen-bond donors (Lipinski definition) is 0. The number of rotatable bonds is 20. The largest absolute Gasteiger partial charge is 0.489 e. The fraction of sp³-hybridized carbons (Fsp3) is 0.344. The summed E-state index contributed by atoms with van der Waals surface area (Å²) in [6, 6.07) is 40.4. The molecule has 0 amide bonds. The average Bonchev–Trinajstić information content (AvgIpc) is 3.79. The summed E-state index contributed by atoms with van der Waals surface area (Å²) in [4.78, 5) is 0. The molecule has 0 bridgehead atoms. The molecule has 0 fully saturated rings. The van der Waals surface area contributed by atoms with E-state index in [0.29, 0.717) is 50.1 Å². The predicted octanol–water partition coefficient (Wildman–Crippen LogP) is 15.1. The molecule has 4 unspecified atom stereocenters. The standard InChI is InChI=1S/C61H68BBrO4/c1-9-39(5)35-64-57-31-51-52-32-58(65-36-40(6)10-2)60(67-38-42(8)12-4)34-56(52)61(55(51)33-59(57)66-37-41(7)11-3)53-29-45(15-13-43-17-23-47(62)24-18-43)21-27-49(53)50-28-22-46(30-54(50)61)16-14-44-19-25-48(63)26-20-44/h13-34,39-42H,9-12,35-38,62H2,1-8H3/b15-13+,16-14+. The van der Waals surface area contributed by atoms with Crippen molar-refractivity contribution in [1.82, 2.24) is 0 Å². The highest BCUT2D eigenvalue weighted by molar-refractivity contribution is 9.10. The van der Waals surface area contributed by atoms with E-state index in [9.17, 15) is 0 Å². The van der Waals surface area contributed by atoms with E-state index in [2.05, 4.69) is 213 Å². The molecule has 6 aromatic rings. The first-order valence-corrected chi connectivity index (χ1v) is 25.6. The van der Waals surface area contributed by atoms with Crippen molar-refractivity contribution in [3.8, 4) is 45.3 Å². The van der Waals surface area contributed by atoms with Gasteiger partial charge in [-0.05, 0) is 139 Å². The second-order valence-corrected chi connectivity index (χ2v) is 20.4. The molecule has 8 rings (SSSR count). The molecule has 0 saturated carbocycles. The van der Waals surface area contributed by atoms with E-state index < -0.39 is 5.41 Å². The van der Waals surface area contributed by atoms with Crippen molar-refractivity contribution in [1.29, 1.82) is 0 Å². The van der Waals surface area contributed by atoms with Gasteiger partial charge in [0.05, 0.1) is 31.8 Å². The molecule has 0 saturated heterocycles. The summed E-state index contributed by atoms with van der Waals surface area (Å²) in [5, 5.41) is 0. The van der Waals surface area contributed by atoms with Crippen LogP contribution in [0.15, 0.2) is 114 Å². The van der Waals surface area contributed by atoms with E-state index >= 15 is 0 Å². The van der Waals surface area contributed by atoms with Crippen LogP contribution in [0.3, 0.4) is 0 Å². The Labute approximate surface area is 410 Å². The number of ether oxygens (including phenoxy) is 4. The highest BCUT2D eigenvalue weighted by atomic mass is 79.9. The van der Waals surface area contributed by atoms with Crippen molar-refractivity contribution in [2.24, 2.45) is 23.7 Å². The summed E-state index contributed by atoms with van der Waals surface area (Å²) in [5.41, 5.74) is 14.7. The maximum absolute atomic E-state index is 6.90. The molecular formula is C61H68BBrO4. The topological polar surface area (TPSA) is 36.9 Å². The second kappa shape index (κ2) is 21.2. The smallest absolute Gasteiger partial charge is 0.161 e. The van der Waals surface area contributed by atoms with Crippen molar-refractivity contribution in [2.45, 2.75) is 86.5 Å². The van der Waals surface area contributed by atoms with E-state index in [4.69, 9.17) is 18.9 Å². The molecule has 0 radical (unpaired) electrons. The van der Waals surface area contributed by atoms with Crippen LogP contribution < -0.4 is 24.4 Å². The van der Waals surface area contributed by atoms with Gasteiger partial charge in [-0.3, -0.25) is 0 Å². The van der Waals surface area contributed by atoms with Gasteiger partial charge in [-0.2, -0.15) is 0 Å². The van der Waals surface area contributed by atoms with Crippen LogP contribution in [0.2, 0.25) is 0 Å². The first-order chi connectivity index (χ1) is 32.4. The minimum atomic E-state index is -0.724. The first-order valence-electron chi connectivity index (χ1n) is 24.8. The maximum atomic E-state index is 6.90. The van der Waals surface area contributed by atoms with Gasteiger partial charge < -0.3 is 18.9 Å². The van der Waals surface area contributed by atoms with Gasteiger partial charge in [-0.1, -0.05) is 187 Å². The summed E-state index contributed by atoms with van der Waals surface area (Å²) in [6.45, 7) is 20.3. The van der Waals surface area contributed by atoms with Gasteiger partial charge in [0.1, 0.15) is 7.85 Å². The SMILES string of the molecule is Bc1ccc(/C=C/c2ccc3c(c2)C2(c4cc(/C=C/c5ccc(Br)cc5)ccc4-3)c3cc(OCC(C)CC)c(OCC(C)CC)cc3-c3cc(OCC(C)CC)c(OCC(C)CC)cc32)cc1. The molecule has 2 aliphatic rings. The minimum absolute atomic E-state index is 0.383. The molecule has 6 aromatic carbocycles. The molecular weight excluding hydrogens is 887 g/mol.